The molecule has 0 saturated carbocycles. The van der Waals surface area contributed by atoms with Crippen LogP contribution in [0.2, 0.25) is 5.02 Å². The summed E-state index contributed by atoms with van der Waals surface area (Å²) in [5.74, 6) is -0.846. The largest absolute Gasteiger partial charge is 0.294 e. The van der Waals surface area contributed by atoms with E-state index >= 15 is 0 Å². The number of carbonyl (C=O) groups excluding carboxylic acids is 1. The Morgan fingerprint density at radius 2 is 1.95 bits per heavy atom. The molecule has 0 fully saturated rings. The third-order valence-electron chi connectivity index (χ3n) is 2.61. The maximum Gasteiger partial charge on any atom is 0.171 e. The van der Waals surface area contributed by atoms with Crippen molar-refractivity contribution >= 4 is 49.2 Å². The first-order valence-electron chi connectivity index (χ1n) is 5.40. The summed E-state index contributed by atoms with van der Waals surface area (Å²) < 4.78 is 15.0. The summed E-state index contributed by atoms with van der Waals surface area (Å²) in [4.78, 5) is 12.2. The van der Waals surface area contributed by atoms with Crippen LogP contribution in [0.1, 0.15) is 15.9 Å². The first-order valence-corrected chi connectivity index (χ1v) is 7.36. The van der Waals surface area contributed by atoms with Gasteiger partial charge in [-0.05, 0) is 45.8 Å². The van der Waals surface area contributed by atoms with Crippen molar-refractivity contribution in [3.63, 3.8) is 0 Å². The molecule has 0 spiro atoms. The van der Waals surface area contributed by atoms with Gasteiger partial charge < -0.3 is 0 Å². The number of benzene rings is 2. The molecule has 0 heterocycles. The van der Waals surface area contributed by atoms with Crippen LogP contribution in [0, 0.1) is 5.82 Å². The molecule has 0 N–H and O–H groups in total. The highest BCUT2D eigenvalue weighted by atomic mass is 79.9. The van der Waals surface area contributed by atoms with Crippen LogP contribution in [-0.4, -0.2) is 5.78 Å². The predicted octanol–water partition coefficient (Wildman–Crippen LogP) is 5.43. The Morgan fingerprint density at radius 3 is 2.58 bits per heavy atom. The second-order valence-corrected chi connectivity index (χ2v) is 6.11. The molecular weight excluding hydrogens is 398 g/mol. The number of hydrogen-bond acceptors (Lipinski definition) is 1. The fourth-order valence-corrected chi connectivity index (χ4v) is 2.99. The highest BCUT2D eigenvalue weighted by molar-refractivity contribution is 9.10. The molecule has 0 unspecified atom stereocenters. The lowest BCUT2D eigenvalue weighted by Crippen LogP contribution is -2.07. The average Bonchev–Trinajstić information content (AvgIpc) is 2.32. The molecule has 2 aromatic carbocycles. The number of halogens is 4. The van der Waals surface area contributed by atoms with Gasteiger partial charge in [0.2, 0.25) is 0 Å². The van der Waals surface area contributed by atoms with Crippen LogP contribution in [0.4, 0.5) is 4.39 Å². The van der Waals surface area contributed by atoms with Crippen molar-refractivity contribution in [2.75, 3.05) is 0 Å². The van der Waals surface area contributed by atoms with Gasteiger partial charge in [-0.1, -0.05) is 39.7 Å². The van der Waals surface area contributed by atoms with Gasteiger partial charge in [-0.15, -0.1) is 0 Å². The van der Waals surface area contributed by atoms with E-state index in [-0.39, 0.29) is 17.8 Å². The van der Waals surface area contributed by atoms with Crippen LogP contribution in [0.3, 0.4) is 0 Å². The van der Waals surface area contributed by atoms with E-state index in [1.807, 2.05) is 0 Å². The minimum atomic E-state index is -0.535. The predicted molar refractivity (Wildman–Crippen MR) is 81.3 cm³/mol. The first-order chi connectivity index (χ1) is 8.99. The zero-order chi connectivity index (χ0) is 14.0. The second kappa shape index (κ2) is 6.16. The van der Waals surface area contributed by atoms with E-state index < -0.39 is 5.82 Å². The van der Waals surface area contributed by atoms with Gasteiger partial charge in [0.1, 0.15) is 5.82 Å². The van der Waals surface area contributed by atoms with Crippen LogP contribution in [0.15, 0.2) is 45.3 Å². The molecule has 0 aliphatic rings. The molecule has 0 aliphatic carbocycles. The highest BCUT2D eigenvalue weighted by Crippen LogP contribution is 2.25. The van der Waals surface area contributed by atoms with Gasteiger partial charge in [0.05, 0.1) is 5.56 Å². The lowest BCUT2D eigenvalue weighted by Gasteiger charge is -2.07. The van der Waals surface area contributed by atoms with Crippen molar-refractivity contribution in [1.82, 2.24) is 0 Å². The van der Waals surface area contributed by atoms with Crippen molar-refractivity contribution in [1.29, 1.82) is 0 Å². The van der Waals surface area contributed by atoms with E-state index in [1.165, 1.54) is 6.07 Å². The van der Waals surface area contributed by atoms with Gasteiger partial charge in [-0.3, -0.25) is 4.79 Å². The van der Waals surface area contributed by atoms with Crippen LogP contribution in [0.5, 0.6) is 0 Å². The Bertz CT molecular complexity index is 623. The summed E-state index contributed by atoms with van der Waals surface area (Å²) in [6.07, 6.45) is 0.0612. The standard InChI is InChI=1S/C14H8Br2ClFO/c15-9-5-4-8(11(17)7-9)6-13(19)14-10(16)2-1-3-12(14)18/h1-5,7H,6H2. The molecule has 0 amide bonds. The van der Waals surface area contributed by atoms with Crippen LogP contribution >= 0.6 is 43.5 Å². The molecule has 0 radical (unpaired) electrons. The number of Topliss-reactive ketones (excluding diaryl/α,β-unsaturated/α-hetero) is 1. The number of ketones is 1. The minimum Gasteiger partial charge on any atom is -0.294 e. The molecule has 5 heteroatoms. The molecule has 19 heavy (non-hydrogen) atoms. The number of hydrogen-bond donors (Lipinski definition) is 0. The normalized spacial score (nSPS) is 10.5. The Balaban J connectivity index is 2.31. The molecule has 1 nitrogen and oxygen atoms in total. The first kappa shape index (κ1) is 14.7. The quantitative estimate of drug-likeness (QED) is 0.621. The van der Waals surface area contributed by atoms with E-state index in [2.05, 4.69) is 31.9 Å². The SMILES string of the molecule is O=C(Cc1ccc(Br)cc1Cl)c1c(F)cccc1Br. The van der Waals surface area contributed by atoms with Gasteiger partial charge in [0.15, 0.2) is 5.78 Å². The topological polar surface area (TPSA) is 17.1 Å². The molecule has 0 saturated heterocycles. The lowest BCUT2D eigenvalue weighted by molar-refractivity contribution is 0.0988. The average molecular weight is 406 g/mol. The fraction of sp³-hybridized carbons (Fsp3) is 0.0714. The van der Waals surface area contributed by atoms with E-state index in [0.717, 1.165) is 4.47 Å². The molecular formula is C14H8Br2ClFO. The number of carbonyl (C=O) groups is 1. The van der Waals surface area contributed by atoms with Gasteiger partial charge in [0, 0.05) is 20.4 Å². The maximum atomic E-state index is 13.7. The van der Waals surface area contributed by atoms with Crippen molar-refractivity contribution in [2.24, 2.45) is 0 Å². The van der Waals surface area contributed by atoms with Gasteiger partial charge in [-0.2, -0.15) is 0 Å². The zero-order valence-electron chi connectivity index (χ0n) is 9.59. The van der Waals surface area contributed by atoms with Crippen molar-refractivity contribution in [3.8, 4) is 0 Å². The summed E-state index contributed by atoms with van der Waals surface area (Å²) in [5.41, 5.74) is 0.728. The number of rotatable bonds is 3. The Kier molecular flexibility index (Phi) is 4.76. The van der Waals surface area contributed by atoms with Crippen molar-refractivity contribution in [3.05, 3.63) is 67.3 Å². The Morgan fingerprint density at radius 1 is 1.21 bits per heavy atom. The van der Waals surface area contributed by atoms with E-state index in [1.54, 1.807) is 30.3 Å². The van der Waals surface area contributed by atoms with Gasteiger partial charge in [0.25, 0.3) is 0 Å². The van der Waals surface area contributed by atoms with Crippen LogP contribution in [-0.2, 0) is 6.42 Å². The molecule has 0 bridgehead atoms. The molecule has 0 atom stereocenters. The Hall–Kier alpha value is -0.710. The van der Waals surface area contributed by atoms with E-state index in [9.17, 15) is 9.18 Å². The molecule has 0 aromatic heterocycles. The lowest BCUT2D eigenvalue weighted by atomic mass is 10.0. The minimum absolute atomic E-state index is 0.0569. The second-order valence-electron chi connectivity index (χ2n) is 3.93. The summed E-state index contributed by atoms with van der Waals surface area (Å²) >= 11 is 12.5. The summed E-state index contributed by atoms with van der Waals surface area (Å²) in [6, 6.07) is 9.70. The van der Waals surface area contributed by atoms with E-state index in [4.69, 9.17) is 11.6 Å². The van der Waals surface area contributed by atoms with Crippen molar-refractivity contribution < 1.29 is 9.18 Å². The summed E-state index contributed by atoms with van der Waals surface area (Å²) in [5, 5.41) is 0.482. The summed E-state index contributed by atoms with van der Waals surface area (Å²) in [6.45, 7) is 0. The smallest absolute Gasteiger partial charge is 0.171 e. The third-order valence-corrected chi connectivity index (χ3v) is 4.11. The van der Waals surface area contributed by atoms with Gasteiger partial charge in [-0.25, -0.2) is 4.39 Å². The van der Waals surface area contributed by atoms with Crippen molar-refractivity contribution in [2.45, 2.75) is 6.42 Å². The highest BCUT2D eigenvalue weighted by Gasteiger charge is 2.16. The van der Waals surface area contributed by atoms with E-state index in [0.29, 0.717) is 15.1 Å². The zero-order valence-corrected chi connectivity index (χ0v) is 13.5. The monoisotopic (exact) mass is 404 g/mol. The maximum absolute atomic E-state index is 13.7. The van der Waals surface area contributed by atoms with Crippen LogP contribution in [0.25, 0.3) is 0 Å². The third kappa shape index (κ3) is 3.44. The van der Waals surface area contributed by atoms with Gasteiger partial charge >= 0.3 is 0 Å². The summed E-state index contributed by atoms with van der Waals surface area (Å²) in [7, 11) is 0. The molecule has 0 aliphatic heterocycles. The Labute approximate surface area is 132 Å². The molecule has 2 aromatic rings. The fourth-order valence-electron chi connectivity index (χ4n) is 1.69. The molecule has 98 valence electrons. The van der Waals surface area contributed by atoms with Crippen LogP contribution < -0.4 is 0 Å². The molecule has 2 rings (SSSR count).